The fourth-order valence-electron chi connectivity index (χ4n) is 5.33. The van der Waals surface area contributed by atoms with Gasteiger partial charge in [0.25, 0.3) is 0 Å². The van der Waals surface area contributed by atoms with Crippen molar-refractivity contribution in [3.8, 4) is 6.07 Å². The van der Waals surface area contributed by atoms with Gasteiger partial charge in [0.1, 0.15) is 12.6 Å². The highest BCUT2D eigenvalue weighted by Gasteiger charge is 2.55. The monoisotopic (exact) mass is 461 g/mol. The first-order chi connectivity index (χ1) is 16.2. The molecule has 1 aromatic heterocycles. The van der Waals surface area contributed by atoms with Crippen LogP contribution in [0.1, 0.15) is 37.1 Å². The van der Waals surface area contributed by atoms with Gasteiger partial charge in [-0.2, -0.15) is 5.26 Å². The Labute approximate surface area is 200 Å². The number of amides is 3. The number of benzene rings is 1. The van der Waals surface area contributed by atoms with E-state index in [1.165, 1.54) is 22.9 Å². The molecular weight excluding hydrogens is 430 g/mol. The molecule has 3 amide bonds. The van der Waals surface area contributed by atoms with Crippen molar-refractivity contribution in [2.45, 2.75) is 36.8 Å². The second-order valence-electron chi connectivity index (χ2n) is 9.64. The molecule has 0 radical (unpaired) electrons. The Morgan fingerprint density at radius 1 is 1.06 bits per heavy atom. The summed E-state index contributed by atoms with van der Waals surface area (Å²) >= 11 is 0. The van der Waals surface area contributed by atoms with Gasteiger partial charge in [-0.25, -0.2) is 14.8 Å². The molecule has 2 fully saturated rings. The Bertz CT molecular complexity index is 1080. The number of rotatable bonds is 5. The zero-order valence-electron chi connectivity index (χ0n) is 20.2. The first kappa shape index (κ1) is 23.6. The van der Waals surface area contributed by atoms with Gasteiger partial charge in [-0.1, -0.05) is 30.3 Å². The third kappa shape index (κ3) is 3.99. The van der Waals surface area contributed by atoms with Crippen molar-refractivity contribution in [1.29, 1.82) is 5.26 Å². The second-order valence-corrected chi connectivity index (χ2v) is 9.64. The molecule has 4 rings (SSSR count). The molecule has 2 heterocycles. The number of carbonyl (C=O) groups excluding carboxylic acids is 2. The van der Waals surface area contributed by atoms with Crippen LogP contribution in [-0.2, 0) is 10.3 Å². The summed E-state index contributed by atoms with van der Waals surface area (Å²) in [5.74, 6) is -0.0563. The maximum atomic E-state index is 13.6. The van der Waals surface area contributed by atoms with Crippen molar-refractivity contribution in [3.05, 3.63) is 54.1 Å². The average molecular weight is 462 g/mol. The molecule has 9 heteroatoms. The fourth-order valence-corrected chi connectivity index (χ4v) is 5.33. The number of anilines is 1. The van der Waals surface area contributed by atoms with Gasteiger partial charge < -0.3 is 9.80 Å². The highest BCUT2D eigenvalue weighted by atomic mass is 16.2. The van der Waals surface area contributed by atoms with Crippen molar-refractivity contribution in [2.75, 3.05) is 46.2 Å². The van der Waals surface area contributed by atoms with Crippen molar-refractivity contribution in [3.63, 3.8) is 0 Å². The largest absolute Gasteiger partial charge is 0.347 e. The highest BCUT2D eigenvalue weighted by Crippen LogP contribution is 2.49. The van der Waals surface area contributed by atoms with Gasteiger partial charge in [-0.05, 0) is 45.3 Å². The van der Waals surface area contributed by atoms with E-state index in [9.17, 15) is 9.59 Å². The smallest absolute Gasteiger partial charge is 0.325 e. The van der Waals surface area contributed by atoms with Gasteiger partial charge in [0.2, 0.25) is 11.7 Å². The van der Waals surface area contributed by atoms with Crippen LogP contribution in [0.5, 0.6) is 0 Å². The summed E-state index contributed by atoms with van der Waals surface area (Å²) in [6.45, 7) is 0.486. The zero-order valence-corrected chi connectivity index (χ0v) is 20.2. The minimum absolute atomic E-state index is 0.0276. The SMILES string of the molecule is CN(C)C(=O)CN1C(=O)N(c2cnc(C#N)nc2)C[C@]12CC[C@@](c1ccccc1)(N(C)C)CC2. The van der Waals surface area contributed by atoms with Gasteiger partial charge in [0.05, 0.1) is 30.2 Å². The summed E-state index contributed by atoms with van der Waals surface area (Å²) in [4.78, 5) is 41.6. The maximum absolute atomic E-state index is 13.6. The minimum Gasteiger partial charge on any atom is -0.347 e. The normalized spacial score (nSPS) is 24.5. The maximum Gasteiger partial charge on any atom is 0.325 e. The van der Waals surface area contributed by atoms with Crippen molar-refractivity contribution < 1.29 is 9.59 Å². The van der Waals surface area contributed by atoms with Gasteiger partial charge in [-0.15, -0.1) is 0 Å². The quantitative estimate of drug-likeness (QED) is 0.679. The second kappa shape index (κ2) is 9.03. The number of likely N-dealkylation sites (N-methyl/N-ethyl adjacent to an activating group) is 1. The third-order valence-electron chi connectivity index (χ3n) is 7.50. The van der Waals surface area contributed by atoms with E-state index in [-0.39, 0.29) is 29.8 Å². The Hall–Kier alpha value is -3.51. The predicted molar refractivity (Wildman–Crippen MR) is 128 cm³/mol. The summed E-state index contributed by atoms with van der Waals surface area (Å²) in [5.41, 5.74) is 1.21. The topological polar surface area (TPSA) is 96.7 Å². The molecule has 178 valence electrons. The van der Waals surface area contributed by atoms with Crippen LogP contribution in [0.2, 0.25) is 0 Å². The first-order valence-electron chi connectivity index (χ1n) is 11.5. The lowest BCUT2D eigenvalue weighted by Crippen LogP contribution is -2.57. The molecular formula is C25H31N7O2. The molecule has 1 aliphatic heterocycles. The predicted octanol–water partition coefficient (Wildman–Crippen LogP) is 2.45. The lowest BCUT2D eigenvalue weighted by atomic mass is 9.68. The van der Waals surface area contributed by atoms with Crippen molar-refractivity contribution in [2.24, 2.45) is 0 Å². The molecule has 1 aromatic carbocycles. The molecule has 1 aliphatic carbocycles. The van der Waals surface area contributed by atoms with E-state index in [2.05, 4.69) is 53.2 Å². The molecule has 0 unspecified atom stereocenters. The van der Waals surface area contributed by atoms with Crippen LogP contribution in [0.4, 0.5) is 10.5 Å². The summed E-state index contributed by atoms with van der Waals surface area (Å²) in [5, 5.41) is 9.02. The molecule has 9 nitrogen and oxygen atoms in total. The molecule has 1 saturated carbocycles. The molecule has 0 bridgehead atoms. The van der Waals surface area contributed by atoms with Crippen LogP contribution in [0.15, 0.2) is 42.7 Å². The zero-order chi connectivity index (χ0) is 24.5. The molecule has 2 aliphatic rings. The van der Waals surface area contributed by atoms with Crippen LogP contribution < -0.4 is 4.90 Å². The first-order valence-corrected chi connectivity index (χ1v) is 11.5. The van der Waals surface area contributed by atoms with Crippen LogP contribution in [-0.4, -0.2) is 83.4 Å². The van der Waals surface area contributed by atoms with E-state index in [0.717, 1.165) is 25.7 Å². The summed E-state index contributed by atoms with van der Waals surface area (Å²) in [6.07, 6.45) is 6.26. The van der Waals surface area contributed by atoms with E-state index < -0.39 is 5.54 Å². The fraction of sp³-hybridized carbons (Fsp3) is 0.480. The van der Waals surface area contributed by atoms with Crippen LogP contribution >= 0.6 is 0 Å². The van der Waals surface area contributed by atoms with Gasteiger partial charge >= 0.3 is 6.03 Å². The van der Waals surface area contributed by atoms with E-state index in [0.29, 0.717) is 12.2 Å². The van der Waals surface area contributed by atoms with Crippen LogP contribution in [0, 0.1) is 11.3 Å². The van der Waals surface area contributed by atoms with E-state index >= 15 is 0 Å². The van der Waals surface area contributed by atoms with Crippen molar-refractivity contribution >= 4 is 17.6 Å². The Kier molecular flexibility index (Phi) is 6.28. The Morgan fingerprint density at radius 3 is 2.21 bits per heavy atom. The molecule has 1 spiro atoms. The number of nitriles is 1. The lowest BCUT2D eigenvalue weighted by Gasteiger charge is -2.51. The number of nitrogens with zero attached hydrogens (tertiary/aromatic N) is 7. The van der Waals surface area contributed by atoms with E-state index in [4.69, 9.17) is 5.26 Å². The Balaban J connectivity index is 1.67. The molecule has 2 aromatic rings. The number of aromatic nitrogens is 2. The molecule has 0 atom stereocenters. The van der Waals surface area contributed by atoms with Gasteiger partial charge in [0, 0.05) is 19.6 Å². The van der Waals surface area contributed by atoms with Crippen LogP contribution in [0.3, 0.4) is 0 Å². The van der Waals surface area contributed by atoms with E-state index in [1.54, 1.807) is 23.9 Å². The molecule has 34 heavy (non-hydrogen) atoms. The minimum atomic E-state index is -0.467. The molecule has 1 saturated heterocycles. The summed E-state index contributed by atoms with van der Waals surface area (Å²) in [6, 6.07) is 12.2. The van der Waals surface area contributed by atoms with Gasteiger partial charge in [-0.3, -0.25) is 14.6 Å². The number of hydrogen-bond donors (Lipinski definition) is 0. The van der Waals surface area contributed by atoms with Crippen molar-refractivity contribution in [1.82, 2.24) is 24.7 Å². The van der Waals surface area contributed by atoms with Crippen LogP contribution in [0.25, 0.3) is 0 Å². The summed E-state index contributed by atoms with van der Waals surface area (Å²) in [7, 11) is 7.63. The average Bonchev–Trinajstić information content (AvgIpc) is 3.11. The standard InChI is InChI=1S/C25H31N7O2/c1-29(2)22(33)17-32-23(34)31(20-15-27-21(14-26)28-16-20)18-24(32)10-12-25(13-11-24,30(3)4)19-8-6-5-7-9-19/h5-9,15-16H,10-13,17-18H2,1-4H3/t24-,25-. The molecule has 0 N–H and O–H groups in total. The Morgan fingerprint density at radius 2 is 1.68 bits per heavy atom. The van der Waals surface area contributed by atoms with Gasteiger partial charge in [0.15, 0.2) is 0 Å². The highest BCUT2D eigenvalue weighted by molar-refractivity contribution is 5.97. The number of urea groups is 1. The third-order valence-corrected chi connectivity index (χ3v) is 7.50. The van der Waals surface area contributed by atoms with E-state index in [1.807, 2.05) is 12.1 Å². The number of carbonyl (C=O) groups is 2. The number of hydrogen-bond acceptors (Lipinski definition) is 6. The lowest BCUT2D eigenvalue weighted by molar-refractivity contribution is -0.130. The summed E-state index contributed by atoms with van der Waals surface area (Å²) < 4.78 is 0.